The Kier molecular flexibility index (Phi) is 6.03. The monoisotopic (exact) mass is 329 g/mol. The summed E-state index contributed by atoms with van der Waals surface area (Å²) in [5.41, 5.74) is 0.988. The van der Waals surface area contributed by atoms with E-state index in [0.29, 0.717) is 16.9 Å². The highest BCUT2D eigenvalue weighted by Crippen LogP contribution is 2.20. The van der Waals surface area contributed by atoms with E-state index in [9.17, 15) is 13.6 Å². The third-order valence-corrected chi connectivity index (χ3v) is 2.99. The van der Waals surface area contributed by atoms with E-state index in [4.69, 9.17) is 10.00 Å². The number of carbonyl (C=O) groups excluding carboxylic acids is 1. The average molecular weight is 329 g/mol. The van der Waals surface area contributed by atoms with Gasteiger partial charge >= 0.3 is 6.61 Å². The summed E-state index contributed by atoms with van der Waals surface area (Å²) in [4.78, 5) is 12.1. The van der Waals surface area contributed by atoms with Crippen molar-refractivity contribution in [2.45, 2.75) is 6.61 Å². The van der Waals surface area contributed by atoms with Crippen LogP contribution in [0.15, 0.2) is 54.6 Å². The molecular formula is C18H13F2NO3. The molecule has 0 N–H and O–H groups in total. The Bertz CT molecular complexity index is 765. The smallest absolute Gasteiger partial charge is 0.387 e. The Labute approximate surface area is 137 Å². The summed E-state index contributed by atoms with van der Waals surface area (Å²) in [5, 5.41) is 8.56. The van der Waals surface area contributed by atoms with Gasteiger partial charge in [0.25, 0.3) is 0 Å². The molecule has 0 heterocycles. The number of para-hydroxylation sites is 1. The van der Waals surface area contributed by atoms with Crippen LogP contribution >= 0.6 is 0 Å². The van der Waals surface area contributed by atoms with Gasteiger partial charge in [0.1, 0.15) is 17.6 Å². The lowest BCUT2D eigenvalue weighted by molar-refractivity contribution is -0.0498. The van der Waals surface area contributed by atoms with Crippen molar-refractivity contribution in [3.05, 3.63) is 65.7 Å². The van der Waals surface area contributed by atoms with Crippen molar-refractivity contribution in [1.29, 1.82) is 5.26 Å². The number of carbonyl (C=O) groups is 1. The van der Waals surface area contributed by atoms with Crippen LogP contribution < -0.4 is 9.47 Å². The molecule has 2 aromatic carbocycles. The zero-order chi connectivity index (χ0) is 17.4. The number of nitrogens with zero attached hydrogens (tertiary/aromatic N) is 1. The van der Waals surface area contributed by atoms with Crippen molar-refractivity contribution < 1.29 is 23.0 Å². The van der Waals surface area contributed by atoms with Crippen molar-refractivity contribution in [3.8, 4) is 17.6 Å². The van der Waals surface area contributed by atoms with E-state index < -0.39 is 6.61 Å². The summed E-state index contributed by atoms with van der Waals surface area (Å²) in [7, 11) is 0. The topological polar surface area (TPSA) is 59.3 Å². The molecule has 0 radical (unpaired) electrons. The molecule has 0 aliphatic carbocycles. The SMILES string of the molecule is N#CCOc1ccccc1/C=C/C(=O)c1ccc(OC(F)F)cc1. The number of alkyl halides is 2. The van der Waals surface area contributed by atoms with Crippen molar-refractivity contribution >= 4 is 11.9 Å². The fraction of sp³-hybridized carbons (Fsp3) is 0.111. The minimum Gasteiger partial charge on any atom is -0.478 e. The molecule has 2 aromatic rings. The Balaban J connectivity index is 2.09. The minimum absolute atomic E-state index is 0.0132. The summed E-state index contributed by atoms with van der Waals surface area (Å²) < 4.78 is 33.7. The number of halogens is 2. The number of nitriles is 1. The first-order valence-corrected chi connectivity index (χ1v) is 6.96. The van der Waals surface area contributed by atoms with Gasteiger partial charge in [0.2, 0.25) is 0 Å². The molecule has 0 aromatic heterocycles. The maximum Gasteiger partial charge on any atom is 0.387 e. The van der Waals surface area contributed by atoms with Crippen LogP contribution in [-0.2, 0) is 0 Å². The zero-order valence-electron chi connectivity index (χ0n) is 12.5. The first-order chi connectivity index (χ1) is 11.6. The highest BCUT2D eigenvalue weighted by Gasteiger charge is 2.07. The highest BCUT2D eigenvalue weighted by molar-refractivity contribution is 6.07. The number of hydrogen-bond donors (Lipinski definition) is 0. The van der Waals surface area contributed by atoms with Crippen molar-refractivity contribution in [2.75, 3.05) is 6.61 Å². The van der Waals surface area contributed by atoms with Gasteiger partial charge < -0.3 is 9.47 Å². The summed E-state index contributed by atoms with van der Waals surface area (Å²) in [6.45, 7) is -3.00. The Hall–Kier alpha value is -3.20. The molecule has 122 valence electrons. The standard InChI is InChI=1S/C18H13F2NO3/c19-18(20)24-15-8-5-13(6-9-15)16(22)10-7-14-3-1-2-4-17(14)23-12-11-21/h1-10,18H,12H2/b10-7+. The molecule has 0 saturated heterocycles. The predicted octanol–water partition coefficient (Wildman–Crippen LogP) is 4.09. The molecule has 6 heteroatoms. The number of hydrogen-bond acceptors (Lipinski definition) is 4. The molecule has 0 fully saturated rings. The maximum atomic E-state index is 12.1. The molecule has 0 bridgehead atoms. The van der Waals surface area contributed by atoms with Gasteiger partial charge in [0, 0.05) is 11.1 Å². The number of ketones is 1. The quantitative estimate of drug-likeness (QED) is 0.567. The van der Waals surface area contributed by atoms with Gasteiger partial charge in [0.05, 0.1) is 0 Å². The number of rotatable bonds is 7. The Morgan fingerprint density at radius 1 is 1.17 bits per heavy atom. The molecule has 0 aliphatic heterocycles. The summed E-state index contributed by atoms with van der Waals surface area (Å²) in [6, 6.07) is 14.3. The number of benzene rings is 2. The minimum atomic E-state index is -2.91. The van der Waals surface area contributed by atoms with Crippen LogP contribution in [0.2, 0.25) is 0 Å². The summed E-state index contributed by atoms with van der Waals surface area (Å²) in [6.07, 6.45) is 2.91. The van der Waals surface area contributed by atoms with Crippen molar-refractivity contribution in [2.24, 2.45) is 0 Å². The van der Waals surface area contributed by atoms with Crippen LogP contribution in [0.1, 0.15) is 15.9 Å². The van der Waals surface area contributed by atoms with Gasteiger partial charge in [-0.2, -0.15) is 14.0 Å². The zero-order valence-corrected chi connectivity index (χ0v) is 12.5. The molecule has 24 heavy (non-hydrogen) atoms. The first-order valence-electron chi connectivity index (χ1n) is 6.96. The largest absolute Gasteiger partial charge is 0.478 e. The lowest BCUT2D eigenvalue weighted by Crippen LogP contribution is -2.02. The fourth-order valence-electron chi connectivity index (χ4n) is 1.92. The van der Waals surface area contributed by atoms with Gasteiger partial charge in [0.15, 0.2) is 12.4 Å². The highest BCUT2D eigenvalue weighted by atomic mass is 19.3. The molecule has 2 rings (SSSR count). The summed E-state index contributed by atoms with van der Waals surface area (Å²) in [5.74, 6) is 0.179. The first kappa shape index (κ1) is 17.2. The van der Waals surface area contributed by atoms with Gasteiger partial charge in [-0.05, 0) is 42.5 Å². The molecule has 4 nitrogen and oxygen atoms in total. The van der Waals surface area contributed by atoms with Gasteiger partial charge in [-0.15, -0.1) is 0 Å². The van der Waals surface area contributed by atoms with Crippen LogP contribution in [0.5, 0.6) is 11.5 Å². The number of ether oxygens (including phenoxy) is 2. The van der Waals surface area contributed by atoms with Crippen LogP contribution in [0, 0.1) is 11.3 Å². The molecule has 0 atom stereocenters. The van der Waals surface area contributed by atoms with Crippen molar-refractivity contribution in [3.63, 3.8) is 0 Å². The third kappa shape index (κ3) is 4.92. The van der Waals surface area contributed by atoms with E-state index in [0.717, 1.165) is 0 Å². The van der Waals surface area contributed by atoms with Crippen molar-refractivity contribution in [1.82, 2.24) is 0 Å². The van der Waals surface area contributed by atoms with Crippen LogP contribution in [0.25, 0.3) is 6.08 Å². The van der Waals surface area contributed by atoms with Crippen LogP contribution in [0.3, 0.4) is 0 Å². The van der Waals surface area contributed by atoms with Crippen LogP contribution in [0.4, 0.5) is 8.78 Å². The van der Waals surface area contributed by atoms with Crippen LogP contribution in [-0.4, -0.2) is 19.0 Å². The van der Waals surface area contributed by atoms with E-state index in [1.165, 1.54) is 30.3 Å². The molecular weight excluding hydrogens is 316 g/mol. The predicted molar refractivity (Wildman–Crippen MR) is 84.0 cm³/mol. The van der Waals surface area contributed by atoms with E-state index in [1.807, 2.05) is 6.07 Å². The van der Waals surface area contributed by atoms with E-state index in [-0.39, 0.29) is 18.1 Å². The normalized spacial score (nSPS) is 10.6. The van der Waals surface area contributed by atoms with E-state index in [1.54, 1.807) is 30.3 Å². The molecule has 0 spiro atoms. The average Bonchev–Trinajstić information content (AvgIpc) is 2.58. The Morgan fingerprint density at radius 2 is 1.88 bits per heavy atom. The second-order valence-electron chi connectivity index (χ2n) is 4.59. The molecule has 0 aliphatic rings. The molecule has 0 amide bonds. The van der Waals surface area contributed by atoms with E-state index >= 15 is 0 Å². The lowest BCUT2D eigenvalue weighted by atomic mass is 10.1. The lowest BCUT2D eigenvalue weighted by Gasteiger charge is -2.05. The van der Waals surface area contributed by atoms with Gasteiger partial charge in [-0.3, -0.25) is 4.79 Å². The maximum absolute atomic E-state index is 12.1. The van der Waals surface area contributed by atoms with Gasteiger partial charge in [-0.1, -0.05) is 18.2 Å². The third-order valence-electron chi connectivity index (χ3n) is 2.99. The fourth-order valence-corrected chi connectivity index (χ4v) is 1.92. The second-order valence-corrected chi connectivity index (χ2v) is 4.59. The summed E-state index contributed by atoms with van der Waals surface area (Å²) >= 11 is 0. The van der Waals surface area contributed by atoms with Gasteiger partial charge in [-0.25, -0.2) is 0 Å². The Morgan fingerprint density at radius 3 is 2.54 bits per heavy atom. The van der Waals surface area contributed by atoms with E-state index in [2.05, 4.69) is 4.74 Å². The molecule has 0 saturated carbocycles. The number of allylic oxidation sites excluding steroid dienone is 1. The second kappa shape index (κ2) is 8.44. The molecule has 0 unspecified atom stereocenters.